The number of aryl methyl sites for hydroxylation is 1. The molecule has 11 heteroatoms. The second-order valence-corrected chi connectivity index (χ2v) is 6.94. The van der Waals surface area contributed by atoms with Crippen LogP contribution in [0.5, 0.6) is 0 Å². The lowest BCUT2D eigenvalue weighted by Crippen LogP contribution is -2.11. The summed E-state index contributed by atoms with van der Waals surface area (Å²) in [5, 5.41) is 7.71. The minimum Gasteiger partial charge on any atom is -0.335 e. The fourth-order valence-electron chi connectivity index (χ4n) is 2.28. The molecule has 0 aliphatic heterocycles. The Morgan fingerprint density at radius 3 is 2.58 bits per heavy atom. The number of hydrogen-bond acceptors (Lipinski definition) is 5. The van der Waals surface area contributed by atoms with E-state index < -0.39 is 11.9 Å². The molecule has 0 radical (unpaired) electrons. The Hall–Kier alpha value is -1.62. The molecule has 0 spiro atoms. The lowest BCUT2D eigenvalue weighted by molar-refractivity contribution is -0.142. The first-order valence-electron chi connectivity index (χ1n) is 6.89. The predicted octanol–water partition coefficient (Wildman–Crippen LogP) is 3.96. The summed E-state index contributed by atoms with van der Waals surface area (Å²) in [5.74, 6) is 1.18. The molecule has 3 aromatic heterocycles. The fraction of sp³-hybridized carbons (Fsp3) is 0.385. The number of alkyl halides is 3. The van der Waals surface area contributed by atoms with Gasteiger partial charge in [0.1, 0.15) is 10.7 Å². The van der Waals surface area contributed by atoms with Gasteiger partial charge in [0.05, 0.1) is 5.52 Å². The summed E-state index contributed by atoms with van der Waals surface area (Å²) in [4.78, 5) is 11.6. The highest BCUT2D eigenvalue weighted by Crippen LogP contribution is 2.35. The third-order valence-electron chi connectivity index (χ3n) is 3.42. The Morgan fingerprint density at radius 1 is 1.25 bits per heavy atom. The molecule has 0 aliphatic rings. The predicted molar refractivity (Wildman–Crippen MR) is 87.7 cm³/mol. The van der Waals surface area contributed by atoms with Gasteiger partial charge in [0.2, 0.25) is 5.65 Å². The molecular weight excluding hydrogens is 409 g/mol. The van der Waals surface area contributed by atoms with Crippen LogP contribution >= 0.6 is 27.7 Å². The molecule has 0 amide bonds. The van der Waals surface area contributed by atoms with E-state index in [1.807, 2.05) is 18.5 Å². The van der Waals surface area contributed by atoms with E-state index in [2.05, 4.69) is 41.1 Å². The molecule has 0 aliphatic carbocycles. The van der Waals surface area contributed by atoms with Crippen molar-refractivity contribution >= 4 is 38.9 Å². The fourth-order valence-corrected chi connectivity index (χ4v) is 3.59. The maximum atomic E-state index is 13.0. The first-order chi connectivity index (χ1) is 11.2. The number of imidazole rings is 2. The summed E-state index contributed by atoms with van der Waals surface area (Å²) in [6, 6.07) is 0. The number of nitrogens with zero attached hydrogens (tertiary/aromatic N) is 5. The van der Waals surface area contributed by atoms with Gasteiger partial charge in [0.15, 0.2) is 16.3 Å². The zero-order chi connectivity index (χ0) is 17.6. The first-order valence-corrected chi connectivity index (χ1v) is 8.67. The van der Waals surface area contributed by atoms with Gasteiger partial charge in [-0.05, 0) is 28.6 Å². The van der Waals surface area contributed by atoms with Crippen molar-refractivity contribution in [2.45, 2.75) is 25.0 Å². The van der Waals surface area contributed by atoms with E-state index in [1.165, 1.54) is 6.92 Å². The summed E-state index contributed by atoms with van der Waals surface area (Å²) in [5.41, 5.74) is -0.157. The van der Waals surface area contributed by atoms with Crippen LogP contribution in [0.25, 0.3) is 22.7 Å². The van der Waals surface area contributed by atoms with Crippen molar-refractivity contribution in [3.05, 3.63) is 16.0 Å². The molecular formula is C13H12BrF3N6S. The Kier molecular flexibility index (Phi) is 4.32. The van der Waals surface area contributed by atoms with E-state index in [-0.39, 0.29) is 16.7 Å². The summed E-state index contributed by atoms with van der Waals surface area (Å²) in [6.45, 7) is 3.34. The van der Waals surface area contributed by atoms with E-state index >= 15 is 0 Å². The van der Waals surface area contributed by atoms with Gasteiger partial charge in [-0.15, -0.1) is 22.0 Å². The molecule has 6 nitrogen and oxygen atoms in total. The van der Waals surface area contributed by atoms with E-state index in [4.69, 9.17) is 0 Å². The summed E-state index contributed by atoms with van der Waals surface area (Å²) in [7, 11) is 1.84. The molecule has 3 rings (SSSR count). The first kappa shape index (κ1) is 17.2. The smallest absolute Gasteiger partial charge is 0.335 e. The van der Waals surface area contributed by atoms with Crippen LogP contribution in [0.1, 0.15) is 18.2 Å². The maximum absolute atomic E-state index is 13.0. The average Bonchev–Trinajstić information content (AvgIpc) is 3.04. The standard InChI is InChI=1S/C13H12BrF3N6S/c1-4-24-11-7(19-12(14)23(11)3)9-18-6-5(2)8(13(15,16)17)21-22-10(6)20-9/h4H2,1-3H3,(H,18,20,22). The number of halogens is 4. The lowest BCUT2D eigenvalue weighted by Gasteiger charge is -2.07. The summed E-state index contributed by atoms with van der Waals surface area (Å²) >= 11 is 4.91. The molecule has 0 saturated carbocycles. The van der Waals surface area contributed by atoms with Gasteiger partial charge in [-0.3, -0.25) is 0 Å². The number of fused-ring (bicyclic) bond motifs is 1. The van der Waals surface area contributed by atoms with Gasteiger partial charge >= 0.3 is 6.18 Å². The highest BCUT2D eigenvalue weighted by molar-refractivity contribution is 9.10. The molecule has 128 valence electrons. The normalized spacial score (nSPS) is 12.3. The number of aromatic amines is 1. The van der Waals surface area contributed by atoms with Crippen LogP contribution in [0.2, 0.25) is 0 Å². The Labute approximate surface area is 147 Å². The molecule has 0 saturated heterocycles. The van der Waals surface area contributed by atoms with Crippen molar-refractivity contribution in [1.29, 1.82) is 0 Å². The molecule has 24 heavy (non-hydrogen) atoms. The number of thioether (sulfide) groups is 1. The van der Waals surface area contributed by atoms with Gasteiger partial charge in [0, 0.05) is 12.6 Å². The number of aromatic nitrogens is 6. The number of H-pyrrole nitrogens is 1. The van der Waals surface area contributed by atoms with Gasteiger partial charge < -0.3 is 9.55 Å². The minimum absolute atomic E-state index is 0.0362. The molecule has 0 atom stereocenters. The van der Waals surface area contributed by atoms with E-state index in [9.17, 15) is 13.2 Å². The van der Waals surface area contributed by atoms with Crippen molar-refractivity contribution in [2.75, 3.05) is 5.75 Å². The van der Waals surface area contributed by atoms with Crippen molar-refractivity contribution in [3.63, 3.8) is 0 Å². The topological polar surface area (TPSA) is 72.3 Å². The van der Waals surface area contributed by atoms with Crippen LogP contribution in [0, 0.1) is 6.92 Å². The summed E-state index contributed by atoms with van der Waals surface area (Å²) < 4.78 is 41.3. The Balaban J connectivity index is 2.19. The second kappa shape index (κ2) is 6.03. The van der Waals surface area contributed by atoms with Crippen LogP contribution in [0.15, 0.2) is 9.76 Å². The van der Waals surface area contributed by atoms with Crippen LogP contribution in [-0.4, -0.2) is 35.5 Å². The minimum atomic E-state index is -4.56. The highest BCUT2D eigenvalue weighted by Gasteiger charge is 2.36. The Bertz CT molecular complexity index is 917. The third-order valence-corrected chi connectivity index (χ3v) is 5.16. The van der Waals surface area contributed by atoms with E-state index in [1.54, 1.807) is 11.8 Å². The molecule has 0 aromatic carbocycles. The highest BCUT2D eigenvalue weighted by atomic mass is 79.9. The molecule has 0 fully saturated rings. The maximum Gasteiger partial charge on any atom is 0.435 e. The van der Waals surface area contributed by atoms with E-state index in [0.717, 1.165) is 10.8 Å². The van der Waals surface area contributed by atoms with Gasteiger partial charge in [-0.1, -0.05) is 6.92 Å². The van der Waals surface area contributed by atoms with Crippen molar-refractivity contribution in [3.8, 4) is 11.5 Å². The van der Waals surface area contributed by atoms with Crippen LogP contribution in [-0.2, 0) is 13.2 Å². The molecule has 1 N–H and O–H groups in total. The van der Waals surface area contributed by atoms with Gasteiger partial charge in [-0.25, -0.2) is 9.97 Å². The number of hydrogen-bond donors (Lipinski definition) is 1. The molecule has 3 aromatic rings. The largest absolute Gasteiger partial charge is 0.435 e. The lowest BCUT2D eigenvalue weighted by atomic mass is 10.2. The third kappa shape index (κ3) is 2.79. The van der Waals surface area contributed by atoms with Crippen LogP contribution in [0.4, 0.5) is 13.2 Å². The van der Waals surface area contributed by atoms with Crippen LogP contribution < -0.4 is 0 Å². The average molecular weight is 421 g/mol. The Morgan fingerprint density at radius 2 is 1.96 bits per heavy atom. The molecule has 0 bridgehead atoms. The van der Waals surface area contributed by atoms with Gasteiger partial charge in [0.25, 0.3) is 0 Å². The molecule has 0 unspecified atom stereocenters. The van der Waals surface area contributed by atoms with Gasteiger partial charge in [-0.2, -0.15) is 13.2 Å². The van der Waals surface area contributed by atoms with Crippen molar-refractivity contribution in [1.82, 2.24) is 29.7 Å². The van der Waals surface area contributed by atoms with Crippen molar-refractivity contribution < 1.29 is 13.2 Å². The zero-order valence-electron chi connectivity index (χ0n) is 12.9. The monoisotopic (exact) mass is 420 g/mol. The van der Waals surface area contributed by atoms with Crippen molar-refractivity contribution in [2.24, 2.45) is 7.05 Å². The number of nitrogens with one attached hydrogen (secondary N) is 1. The van der Waals surface area contributed by atoms with E-state index in [0.29, 0.717) is 16.3 Å². The number of rotatable bonds is 3. The van der Waals surface area contributed by atoms with Crippen LogP contribution in [0.3, 0.4) is 0 Å². The SMILES string of the molecule is CCSc1c(-c2nc3nnc(C(F)(F)F)c(C)c3[nH]2)nc(Br)n1C. The second-order valence-electron chi connectivity index (χ2n) is 4.98. The zero-order valence-corrected chi connectivity index (χ0v) is 15.3. The molecule has 3 heterocycles. The summed E-state index contributed by atoms with van der Waals surface area (Å²) in [6.07, 6.45) is -4.56. The quantitative estimate of drug-likeness (QED) is 0.649.